The predicted molar refractivity (Wildman–Crippen MR) is 127 cm³/mol. The average Bonchev–Trinajstić information content (AvgIpc) is 3.29. The Bertz CT molecular complexity index is 1280. The number of phenolic OH excluding ortho intramolecular Hbond substituents is 1. The predicted octanol–water partition coefficient (Wildman–Crippen LogP) is 2.73. The number of fused-ring (bicyclic) bond motifs is 1. The van der Waals surface area contributed by atoms with Crippen LogP contribution in [0.2, 0.25) is 0 Å². The molecule has 2 aromatic carbocycles. The monoisotopic (exact) mass is 629 g/mol. The molecule has 2 aromatic heterocycles. The number of para-hydroxylation sites is 2. The molecule has 0 atom stereocenters. The number of carbonyl (C=O) groups excluding carboxylic acids is 1. The van der Waals surface area contributed by atoms with E-state index >= 15 is 0 Å². The highest BCUT2D eigenvalue weighted by Crippen LogP contribution is 2.27. The fraction of sp³-hybridized carbons (Fsp3) is 0.0556. The Balaban J connectivity index is 1.59. The Morgan fingerprint density at radius 2 is 2.10 bits per heavy atom. The number of imidazole rings is 1. The van der Waals surface area contributed by atoms with Gasteiger partial charge in [-0.2, -0.15) is 5.10 Å². The summed E-state index contributed by atoms with van der Waals surface area (Å²) in [7, 11) is 0. The number of benzene rings is 2. The van der Waals surface area contributed by atoms with Gasteiger partial charge in [0.1, 0.15) is 12.3 Å². The molecule has 0 aliphatic heterocycles. The van der Waals surface area contributed by atoms with Crippen LogP contribution >= 0.6 is 45.2 Å². The largest absolute Gasteiger partial charge is 0.506 e. The molecule has 0 bridgehead atoms. The standard InChI is InChI=1S/C18H13I2N7O3/c19-10-5-9(16(29)11(20)6-10)7-22-24-14(28)8-27-13-4-2-1-3-12(13)23-18(27)15-17(21)26-30-25-15/h1-7,29H,8H2,(H2,21,26)(H,24,28)/b22-7-. The lowest BCUT2D eigenvalue weighted by atomic mass is 10.2. The third kappa shape index (κ3) is 4.09. The topological polar surface area (TPSA) is 144 Å². The Hall–Kier alpha value is -2.75. The van der Waals surface area contributed by atoms with Crippen LogP contribution in [-0.4, -0.2) is 37.1 Å². The first-order valence-electron chi connectivity index (χ1n) is 8.47. The zero-order valence-electron chi connectivity index (χ0n) is 15.1. The van der Waals surface area contributed by atoms with Crippen molar-refractivity contribution >= 4 is 74.2 Å². The second-order valence-corrected chi connectivity index (χ2v) is 8.53. The Morgan fingerprint density at radius 3 is 2.87 bits per heavy atom. The van der Waals surface area contributed by atoms with Crippen molar-refractivity contribution in [3.63, 3.8) is 0 Å². The molecular weight excluding hydrogens is 616 g/mol. The summed E-state index contributed by atoms with van der Waals surface area (Å²) in [6.07, 6.45) is 1.39. The molecule has 152 valence electrons. The molecule has 1 amide bonds. The van der Waals surface area contributed by atoms with Gasteiger partial charge in [0.25, 0.3) is 5.91 Å². The van der Waals surface area contributed by atoms with Gasteiger partial charge in [0.2, 0.25) is 0 Å². The number of rotatable bonds is 5. The number of nitrogens with one attached hydrogen (secondary N) is 1. The summed E-state index contributed by atoms with van der Waals surface area (Å²) in [6, 6.07) is 10.9. The quantitative estimate of drug-likeness (QED) is 0.175. The minimum absolute atomic E-state index is 0.0775. The van der Waals surface area contributed by atoms with Crippen molar-refractivity contribution in [1.29, 1.82) is 0 Å². The second kappa shape index (κ2) is 8.55. The van der Waals surface area contributed by atoms with Crippen LogP contribution in [0.15, 0.2) is 46.1 Å². The van der Waals surface area contributed by atoms with E-state index in [4.69, 9.17) is 5.73 Å². The van der Waals surface area contributed by atoms with Crippen LogP contribution in [0.4, 0.5) is 5.82 Å². The first kappa shape index (κ1) is 20.5. The summed E-state index contributed by atoms with van der Waals surface area (Å²) in [4.78, 5) is 17.0. The zero-order valence-corrected chi connectivity index (χ0v) is 19.4. The van der Waals surface area contributed by atoms with E-state index in [0.717, 1.165) is 9.09 Å². The Kier molecular flexibility index (Phi) is 5.85. The number of aromatic nitrogens is 4. The third-order valence-corrected chi connectivity index (χ3v) is 5.58. The van der Waals surface area contributed by atoms with Crippen molar-refractivity contribution in [2.45, 2.75) is 6.54 Å². The Morgan fingerprint density at radius 1 is 1.30 bits per heavy atom. The molecule has 0 radical (unpaired) electrons. The molecule has 4 N–H and O–H groups in total. The number of nitrogens with two attached hydrogens (primary N) is 1. The smallest absolute Gasteiger partial charge is 0.260 e. The highest BCUT2D eigenvalue weighted by atomic mass is 127. The van der Waals surface area contributed by atoms with Crippen LogP contribution in [0.3, 0.4) is 0 Å². The highest BCUT2D eigenvalue weighted by molar-refractivity contribution is 14.1. The lowest BCUT2D eigenvalue weighted by molar-refractivity contribution is -0.121. The summed E-state index contributed by atoms with van der Waals surface area (Å²) in [5, 5.41) is 21.4. The van der Waals surface area contributed by atoms with E-state index in [1.54, 1.807) is 10.6 Å². The first-order valence-corrected chi connectivity index (χ1v) is 10.6. The van der Waals surface area contributed by atoms with E-state index in [1.165, 1.54) is 6.21 Å². The average molecular weight is 629 g/mol. The van der Waals surface area contributed by atoms with E-state index in [0.29, 0.717) is 20.5 Å². The van der Waals surface area contributed by atoms with E-state index in [-0.39, 0.29) is 23.8 Å². The van der Waals surface area contributed by atoms with Crippen molar-refractivity contribution in [2.75, 3.05) is 5.73 Å². The molecule has 0 aliphatic rings. The van der Waals surface area contributed by atoms with Gasteiger partial charge in [-0.25, -0.2) is 15.0 Å². The van der Waals surface area contributed by atoms with Crippen molar-refractivity contribution < 1.29 is 14.5 Å². The SMILES string of the molecule is Nc1nonc1-c1nc2ccccc2n1CC(=O)N/N=C\c1cc(I)cc(I)c1O. The van der Waals surface area contributed by atoms with E-state index in [1.807, 2.05) is 52.9 Å². The summed E-state index contributed by atoms with van der Waals surface area (Å²) >= 11 is 4.17. The number of aromatic hydroxyl groups is 1. The van der Waals surface area contributed by atoms with Gasteiger partial charge >= 0.3 is 0 Å². The van der Waals surface area contributed by atoms with Crippen LogP contribution in [-0.2, 0) is 11.3 Å². The number of anilines is 1. The maximum atomic E-state index is 12.5. The van der Waals surface area contributed by atoms with Gasteiger partial charge in [-0.1, -0.05) is 12.1 Å². The molecule has 0 aliphatic carbocycles. The number of hydrogen-bond acceptors (Lipinski definition) is 8. The first-order chi connectivity index (χ1) is 14.4. The highest BCUT2D eigenvalue weighted by Gasteiger charge is 2.20. The maximum absolute atomic E-state index is 12.5. The van der Waals surface area contributed by atoms with Crippen molar-refractivity contribution in [3.05, 3.63) is 49.1 Å². The number of nitrogens with zero attached hydrogens (tertiary/aromatic N) is 5. The molecule has 0 saturated heterocycles. The van der Waals surface area contributed by atoms with Gasteiger partial charge in [0.15, 0.2) is 17.3 Å². The molecule has 10 nitrogen and oxygen atoms in total. The van der Waals surface area contributed by atoms with Gasteiger partial charge < -0.3 is 15.4 Å². The van der Waals surface area contributed by atoms with E-state index in [2.05, 4.69) is 53.0 Å². The molecular formula is C18H13I2N7O3. The molecule has 12 heteroatoms. The minimum atomic E-state index is -0.398. The zero-order chi connectivity index (χ0) is 21.3. The third-order valence-electron chi connectivity index (χ3n) is 4.13. The molecule has 0 saturated carbocycles. The number of phenols is 1. The number of amides is 1. The van der Waals surface area contributed by atoms with Gasteiger partial charge in [-0.3, -0.25) is 4.79 Å². The normalized spacial score (nSPS) is 11.4. The van der Waals surface area contributed by atoms with Crippen molar-refractivity contribution in [2.24, 2.45) is 5.10 Å². The fourth-order valence-corrected chi connectivity index (χ4v) is 4.69. The van der Waals surface area contributed by atoms with Crippen LogP contribution in [0, 0.1) is 7.14 Å². The van der Waals surface area contributed by atoms with Gasteiger partial charge in [-0.05, 0) is 79.8 Å². The number of hydrazone groups is 1. The molecule has 4 rings (SSSR count). The van der Waals surface area contributed by atoms with E-state index in [9.17, 15) is 9.90 Å². The molecule has 0 fully saturated rings. The molecule has 0 unspecified atom stereocenters. The number of nitrogen functional groups attached to an aromatic ring is 1. The minimum Gasteiger partial charge on any atom is -0.506 e. The van der Waals surface area contributed by atoms with Gasteiger partial charge in [0.05, 0.1) is 20.8 Å². The van der Waals surface area contributed by atoms with Crippen LogP contribution in [0.5, 0.6) is 5.75 Å². The number of carbonyl (C=O) groups is 1. The molecule has 30 heavy (non-hydrogen) atoms. The lowest BCUT2D eigenvalue weighted by Crippen LogP contribution is -2.23. The van der Waals surface area contributed by atoms with Crippen LogP contribution < -0.4 is 11.2 Å². The molecule has 0 spiro atoms. The summed E-state index contributed by atoms with van der Waals surface area (Å²) in [5.41, 5.74) is 10.4. The summed E-state index contributed by atoms with van der Waals surface area (Å²) in [6.45, 7) is -0.0880. The molecule has 2 heterocycles. The van der Waals surface area contributed by atoms with Gasteiger partial charge in [-0.15, -0.1) is 0 Å². The number of halogens is 2. The Labute approximate surface area is 196 Å². The fourth-order valence-electron chi connectivity index (χ4n) is 2.80. The van der Waals surface area contributed by atoms with Crippen LogP contribution in [0.25, 0.3) is 22.6 Å². The maximum Gasteiger partial charge on any atom is 0.260 e. The van der Waals surface area contributed by atoms with Crippen molar-refractivity contribution in [1.82, 2.24) is 25.3 Å². The van der Waals surface area contributed by atoms with Gasteiger partial charge in [0, 0.05) is 9.13 Å². The molecule has 4 aromatic rings. The summed E-state index contributed by atoms with van der Waals surface area (Å²) in [5.74, 6) is 0.143. The van der Waals surface area contributed by atoms with Crippen molar-refractivity contribution in [3.8, 4) is 17.3 Å². The summed E-state index contributed by atoms with van der Waals surface area (Å²) < 4.78 is 7.96. The number of hydrogen-bond donors (Lipinski definition) is 3. The lowest BCUT2D eigenvalue weighted by Gasteiger charge is -2.07. The second-order valence-electron chi connectivity index (χ2n) is 6.13. The van der Waals surface area contributed by atoms with E-state index < -0.39 is 5.91 Å². The van der Waals surface area contributed by atoms with Crippen LogP contribution in [0.1, 0.15) is 5.56 Å².